The molecule has 0 fully saturated rings. The van der Waals surface area contributed by atoms with Crippen LogP contribution < -0.4 is 5.32 Å². The zero-order valence-corrected chi connectivity index (χ0v) is 20.6. The quantitative estimate of drug-likeness (QED) is 0.309. The Morgan fingerprint density at radius 3 is 2.46 bits per heavy atom. The molecule has 0 aliphatic carbocycles. The first-order valence-corrected chi connectivity index (χ1v) is 12.6. The minimum atomic E-state index is -0.883. The number of hydrogen-bond acceptors (Lipinski definition) is 5. The second kappa shape index (κ2) is 11.1. The minimum Gasteiger partial charge on any atom is -0.350 e. The number of halogens is 1. The maximum absolute atomic E-state index is 13.8. The van der Waals surface area contributed by atoms with E-state index in [0.29, 0.717) is 11.1 Å². The Morgan fingerprint density at radius 1 is 0.946 bits per heavy atom. The molecule has 0 aliphatic rings. The largest absolute Gasteiger partial charge is 0.350 e. The molecule has 5 rings (SSSR count). The zero-order valence-electron chi connectivity index (χ0n) is 19.8. The van der Waals surface area contributed by atoms with Crippen molar-refractivity contribution < 1.29 is 14.0 Å². The molecule has 9 heteroatoms. The van der Waals surface area contributed by atoms with E-state index in [9.17, 15) is 14.0 Å². The van der Waals surface area contributed by atoms with Gasteiger partial charge in [-0.1, -0.05) is 65.9 Å². The molecular formula is C28H24FN5O2S. The topological polar surface area (TPSA) is 80.1 Å². The fourth-order valence-electron chi connectivity index (χ4n) is 4.14. The van der Waals surface area contributed by atoms with E-state index >= 15 is 0 Å². The lowest BCUT2D eigenvalue weighted by Gasteiger charge is -2.31. The number of amides is 2. The van der Waals surface area contributed by atoms with Crippen molar-refractivity contribution in [3.63, 3.8) is 0 Å². The smallest absolute Gasteiger partial charge is 0.247 e. The summed E-state index contributed by atoms with van der Waals surface area (Å²) >= 11 is 1.52. The summed E-state index contributed by atoms with van der Waals surface area (Å²) in [6.45, 7) is 0.393. The van der Waals surface area contributed by atoms with Crippen molar-refractivity contribution in [3.8, 4) is 0 Å². The lowest BCUT2D eigenvalue weighted by molar-refractivity contribution is -0.142. The zero-order chi connectivity index (χ0) is 25.6. The maximum atomic E-state index is 13.8. The molecule has 5 aromatic rings. The van der Waals surface area contributed by atoms with Gasteiger partial charge >= 0.3 is 0 Å². The molecule has 3 aromatic carbocycles. The van der Waals surface area contributed by atoms with Crippen molar-refractivity contribution in [1.82, 2.24) is 25.2 Å². The Kier molecular flexibility index (Phi) is 7.32. The van der Waals surface area contributed by atoms with Crippen LogP contribution in [0.4, 0.5) is 4.39 Å². The summed E-state index contributed by atoms with van der Waals surface area (Å²) in [5.74, 6) is -0.940. The van der Waals surface area contributed by atoms with Gasteiger partial charge in [-0.05, 0) is 46.8 Å². The molecule has 0 spiro atoms. The number of hydrogen-bond donors (Lipinski definition) is 1. The van der Waals surface area contributed by atoms with E-state index in [-0.39, 0.29) is 37.3 Å². The third kappa shape index (κ3) is 5.73. The number of benzene rings is 3. The van der Waals surface area contributed by atoms with E-state index in [1.807, 2.05) is 72.1 Å². The lowest BCUT2D eigenvalue weighted by atomic mass is 10.0. The summed E-state index contributed by atoms with van der Waals surface area (Å²) in [6.07, 6.45) is 0. The van der Waals surface area contributed by atoms with Crippen LogP contribution in [0.15, 0.2) is 96.4 Å². The van der Waals surface area contributed by atoms with Gasteiger partial charge < -0.3 is 10.2 Å². The predicted octanol–water partition coefficient (Wildman–Crippen LogP) is 4.72. The average molecular weight is 514 g/mol. The Bertz CT molecular complexity index is 1490. The molecule has 2 heterocycles. The number of aromatic nitrogens is 3. The molecule has 0 aliphatic heterocycles. The van der Waals surface area contributed by atoms with Gasteiger partial charge in [0.15, 0.2) is 0 Å². The van der Waals surface area contributed by atoms with Crippen LogP contribution in [-0.2, 0) is 29.2 Å². The van der Waals surface area contributed by atoms with Gasteiger partial charge in [-0.15, -0.1) is 16.4 Å². The van der Waals surface area contributed by atoms with Gasteiger partial charge in [-0.25, -0.2) is 9.07 Å². The van der Waals surface area contributed by atoms with Crippen LogP contribution in [0.2, 0.25) is 0 Å². The molecule has 0 saturated carbocycles. The molecule has 0 unspecified atom stereocenters. The molecule has 186 valence electrons. The van der Waals surface area contributed by atoms with Gasteiger partial charge in [0.25, 0.3) is 0 Å². The number of carbonyl (C=O) groups excluding carboxylic acids is 2. The molecule has 0 bridgehead atoms. The van der Waals surface area contributed by atoms with Crippen LogP contribution in [0, 0.1) is 5.82 Å². The highest BCUT2D eigenvalue weighted by Gasteiger charge is 2.32. The molecule has 2 aromatic heterocycles. The number of fused-ring (bicyclic) bond motifs is 1. The van der Waals surface area contributed by atoms with Crippen LogP contribution >= 0.6 is 11.3 Å². The van der Waals surface area contributed by atoms with E-state index in [4.69, 9.17) is 0 Å². The van der Waals surface area contributed by atoms with Gasteiger partial charge in [0.05, 0.1) is 12.1 Å². The fraction of sp³-hybridized carbons (Fsp3) is 0.143. The second-order valence-corrected chi connectivity index (χ2v) is 9.53. The van der Waals surface area contributed by atoms with Crippen molar-refractivity contribution in [2.45, 2.75) is 25.7 Å². The van der Waals surface area contributed by atoms with Crippen LogP contribution in [-0.4, -0.2) is 31.7 Å². The molecule has 0 saturated heterocycles. The Morgan fingerprint density at radius 2 is 1.70 bits per heavy atom. The average Bonchev–Trinajstić information content (AvgIpc) is 3.59. The third-order valence-electron chi connectivity index (χ3n) is 5.99. The van der Waals surface area contributed by atoms with Crippen LogP contribution in [0.5, 0.6) is 0 Å². The van der Waals surface area contributed by atoms with Gasteiger partial charge in [-0.2, -0.15) is 0 Å². The maximum Gasteiger partial charge on any atom is 0.247 e. The first-order chi connectivity index (χ1) is 18.1. The number of para-hydroxylation sites is 1. The summed E-state index contributed by atoms with van der Waals surface area (Å²) in [5.41, 5.74) is 2.87. The SMILES string of the molecule is O=C(NCc1ccc(F)cc1)[C@@H](c1ccccc1)N(Cc1cccs1)C(=O)Cn1nnc2ccccc21. The van der Waals surface area contributed by atoms with E-state index < -0.39 is 6.04 Å². The van der Waals surface area contributed by atoms with Crippen molar-refractivity contribution in [2.75, 3.05) is 0 Å². The van der Waals surface area contributed by atoms with E-state index in [1.165, 1.54) is 23.5 Å². The summed E-state index contributed by atoms with van der Waals surface area (Å²) in [6, 6.07) is 25.6. The standard InChI is InChI=1S/C28H24FN5O2S/c29-22-14-12-20(13-15-22)17-30-28(36)27(21-7-2-1-3-8-21)33(18-23-9-6-16-37-23)26(35)19-34-25-11-5-4-10-24(25)31-32-34/h1-16,27H,17-19H2,(H,30,36)/t27-/m1/s1. The van der Waals surface area contributed by atoms with Gasteiger partial charge in [0.2, 0.25) is 11.8 Å². The Hall–Kier alpha value is -4.37. The first kappa shape index (κ1) is 24.3. The number of thiophene rings is 1. The minimum absolute atomic E-state index is 0.0690. The van der Waals surface area contributed by atoms with Crippen molar-refractivity contribution in [3.05, 3.63) is 118 Å². The van der Waals surface area contributed by atoms with Crippen LogP contribution in [0.1, 0.15) is 22.0 Å². The molecule has 0 radical (unpaired) electrons. The highest BCUT2D eigenvalue weighted by Crippen LogP contribution is 2.26. The monoisotopic (exact) mass is 513 g/mol. The van der Waals surface area contributed by atoms with Gasteiger partial charge in [-0.3, -0.25) is 9.59 Å². The molecule has 1 atom stereocenters. The number of nitrogens with zero attached hydrogens (tertiary/aromatic N) is 4. The molecule has 2 amide bonds. The molecule has 7 nitrogen and oxygen atoms in total. The van der Waals surface area contributed by atoms with Crippen molar-refractivity contribution >= 4 is 34.2 Å². The van der Waals surface area contributed by atoms with E-state index in [1.54, 1.807) is 21.7 Å². The predicted molar refractivity (Wildman–Crippen MR) is 140 cm³/mol. The molecule has 1 N–H and O–H groups in total. The van der Waals surface area contributed by atoms with Crippen molar-refractivity contribution in [1.29, 1.82) is 0 Å². The molecular weight excluding hydrogens is 489 g/mol. The van der Waals surface area contributed by atoms with E-state index in [2.05, 4.69) is 15.6 Å². The Balaban J connectivity index is 1.46. The first-order valence-electron chi connectivity index (χ1n) is 11.8. The highest BCUT2D eigenvalue weighted by molar-refractivity contribution is 7.09. The Labute approximate surface area is 217 Å². The third-order valence-corrected chi connectivity index (χ3v) is 6.85. The summed E-state index contributed by atoms with van der Waals surface area (Å²) in [5, 5.41) is 13.2. The van der Waals surface area contributed by atoms with Crippen molar-refractivity contribution in [2.24, 2.45) is 0 Å². The summed E-state index contributed by atoms with van der Waals surface area (Å²) in [4.78, 5) is 30.0. The highest BCUT2D eigenvalue weighted by atomic mass is 32.1. The summed E-state index contributed by atoms with van der Waals surface area (Å²) < 4.78 is 14.9. The number of rotatable bonds is 9. The van der Waals surface area contributed by atoms with E-state index in [0.717, 1.165) is 16.0 Å². The lowest BCUT2D eigenvalue weighted by Crippen LogP contribution is -2.44. The van der Waals surface area contributed by atoms with Gasteiger partial charge in [0, 0.05) is 11.4 Å². The molecule has 37 heavy (non-hydrogen) atoms. The number of carbonyl (C=O) groups is 2. The summed E-state index contributed by atoms with van der Waals surface area (Å²) in [7, 11) is 0. The fourth-order valence-corrected chi connectivity index (χ4v) is 4.85. The van der Waals surface area contributed by atoms with Gasteiger partial charge in [0.1, 0.15) is 23.9 Å². The van der Waals surface area contributed by atoms with Crippen LogP contribution in [0.25, 0.3) is 11.0 Å². The second-order valence-electron chi connectivity index (χ2n) is 8.49. The number of nitrogens with one attached hydrogen (secondary N) is 1. The van der Waals surface area contributed by atoms with Crippen LogP contribution in [0.3, 0.4) is 0 Å². The normalized spacial score (nSPS) is 11.8.